The minimum absolute atomic E-state index is 0.143. The fourth-order valence-electron chi connectivity index (χ4n) is 2.42. The molecule has 2 atom stereocenters. The van der Waals surface area contributed by atoms with Gasteiger partial charge in [0.05, 0.1) is 11.6 Å². The highest BCUT2D eigenvalue weighted by atomic mass is 16.5. The molecule has 1 saturated heterocycles. The average Bonchev–Trinajstić information content (AvgIpc) is 2.79. The summed E-state index contributed by atoms with van der Waals surface area (Å²) < 4.78 is 11.1. The van der Waals surface area contributed by atoms with Crippen LogP contribution in [-0.2, 0) is 15.7 Å². The third-order valence-corrected chi connectivity index (χ3v) is 3.62. The maximum Gasteiger partial charge on any atom is 0.232 e. The van der Waals surface area contributed by atoms with Gasteiger partial charge >= 0.3 is 0 Å². The van der Waals surface area contributed by atoms with Gasteiger partial charge in [0.1, 0.15) is 0 Å². The average molecular weight is 267 g/mol. The van der Waals surface area contributed by atoms with Gasteiger partial charge in [0.2, 0.25) is 5.89 Å². The molecule has 0 spiro atoms. The Morgan fingerprint density at radius 2 is 2.16 bits per heavy atom. The molecule has 2 N–H and O–H groups in total. The fourth-order valence-corrected chi connectivity index (χ4v) is 2.42. The summed E-state index contributed by atoms with van der Waals surface area (Å²) in [6, 6.07) is 0. The molecule has 2 unspecified atom stereocenters. The number of hydrogen-bond donors (Lipinski definition) is 1. The Hall–Kier alpha value is -0.940. The predicted octanol–water partition coefficient (Wildman–Crippen LogP) is 2.50. The Balaban J connectivity index is 2.17. The van der Waals surface area contributed by atoms with Gasteiger partial charge in [0.15, 0.2) is 5.82 Å². The molecule has 0 amide bonds. The highest BCUT2D eigenvalue weighted by Crippen LogP contribution is 2.33. The van der Waals surface area contributed by atoms with E-state index in [0.717, 1.165) is 25.7 Å². The van der Waals surface area contributed by atoms with Crippen molar-refractivity contribution in [2.24, 2.45) is 5.73 Å². The highest BCUT2D eigenvalue weighted by Gasteiger charge is 2.39. The van der Waals surface area contributed by atoms with Crippen molar-refractivity contribution in [2.75, 3.05) is 6.61 Å². The lowest BCUT2D eigenvalue weighted by atomic mass is 9.85. The number of hydrogen-bond acceptors (Lipinski definition) is 5. The third kappa shape index (κ3) is 3.15. The number of nitrogens with two attached hydrogens (primary N) is 1. The number of nitrogens with zero attached hydrogens (tertiary/aromatic N) is 2. The van der Waals surface area contributed by atoms with Crippen LogP contribution in [0.1, 0.15) is 65.1 Å². The SMILES string of the molecule is CCCC1CC(N)(c2noc(C(C)(C)C)n2)CCO1. The molecule has 2 heterocycles. The Kier molecular flexibility index (Phi) is 3.97. The first kappa shape index (κ1) is 14.5. The molecule has 1 fully saturated rings. The fraction of sp³-hybridized carbons (Fsp3) is 0.857. The van der Waals surface area contributed by atoms with Gasteiger partial charge in [-0.1, -0.05) is 39.3 Å². The third-order valence-electron chi connectivity index (χ3n) is 3.62. The summed E-state index contributed by atoms with van der Waals surface area (Å²) in [5.74, 6) is 1.27. The van der Waals surface area contributed by atoms with Gasteiger partial charge in [-0.25, -0.2) is 0 Å². The summed E-state index contributed by atoms with van der Waals surface area (Å²) in [4.78, 5) is 4.51. The number of rotatable bonds is 3. The van der Waals surface area contributed by atoms with E-state index in [0.29, 0.717) is 18.3 Å². The second-order valence-corrected chi connectivity index (χ2v) is 6.56. The first-order chi connectivity index (χ1) is 8.85. The van der Waals surface area contributed by atoms with Crippen molar-refractivity contribution >= 4 is 0 Å². The van der Waals surface area contributed by atoms with Crippen LogP contribution >= 0.6 is 0 Å². The first-order valence-electron chi connectivity index (χ1n) is 7.10. The molecule has 0 bridgehead atoms. The van der Waals surface area contributed by atoms with E-state index in [4.69, 9.17) is 15.0 Å². The summed E-state index contributed by atoms with van der Waals surface area (Å²) in [6.45, 7) is 8.98. The van der Waals surface area contributed by atoms with Gasteiger partial charge in [-0.15, -0.1) is 0 Å². The normalized spacial score (nSPS) is 28.6. The van der Waals surface area contributed by atoms with Gasteiger partial charge in [0, 0.05) is 12.0 Å². The van der Waals surface area contributed by atoms with E-state index in [-0.39, 0.29) is 11.5 Å². The second kappa shape index (κ2) is 5.21. The van der Waals surface area contributed by atoms with Gasteiger partial charge in [-0.3, -0.25) is 0 Å². The predicted molar refractivity (Wildman–Crippen MR) is 72.7 cm³/mol. The van der Waals surface area contributed by atoms with E-state index in [2.05, 4.69) is 37.8 Å². The van der Waals surface area contributed by atoms with Crippen molar-refractivity contribution in [1.82, 2.24) is 10.1 Å². The molecule has 108 valence electrons. The van der Waals surface area contributed by atoms with E-state index in [1.807, 2.05) is 0 Å². The van der Waals surface area contributed by atoms with Crippen LogP contribution in [0.25, 0.3) is 0 Å². The van der Waals surface area contributed by atoms with E-state index in [9.17, 15) is 0 Å². The Morgan fingerprint density at radius 3 is 2.74 bits per heavy atom. The summed E-state index contributed by atoms with van der Waals surface area (Å²) in [5.41, 5.74) is 5.84. The van der Waals surface area contributed by atoms with Crippen molar-refractivity contribution in [3.63, 3.8) is 0 Å². The van der Waals surface area contributed by atoms with E-state index in [1.54, 1.807) is 0 Å². The van der Waals surface area contributed by atoms with E-state index >= 15 is 0 Å². The molecule has 0 radical (unpaired) electrons. The molecular weight excluding hydrogens is 242 g/mol. The summed E-state index contributed by atoms with van der Waals surface area (Å²) in [6.07, 6.45) is 3.85. The molecule has 1 aromatic heterocycles. The molecule has 5 heteroatoms. The molecule has 1 aliphatic heterocycles. The maximum absolute atomic E-state index is 6.49. The van der Waals surface area contributed by atoms with Crippen molar-refractivity contribution in [1.29, 1.82) is 0 Å². The van der Waals surface area contributed by atoms with Crippen LogP contribution in [0.4, 0.5) is 0 Å². The minimum Gasteiger partial charge on any atom is -0.378 e. The van der Waals surface area contributed by atoms with Crippen molar-refractivity contribution < 1.29 is 9.26 Å². The lowest BCUT2D eigenvalue weighted by Crippen LogP contribution is -2.46. The van der Waals surface area contributed by atoms with Crippen LogP contribution in [0.15, 0.2) is 4.52 Å². The van der Waals surface area contributed by atoms with Gasteiger partial charge in [-0.05, 0) is 19.3 Å². The zero-order valence-electron chi connectivity index (χ0n) is 12.4. The van der Waals surface area contributed by atoms with Crippen LogP contribution in [0.5, 0.6) is 0 Å². The minimum atomic E-state index is -0.509. The zero-order valence-corrected chi connectivity index (χ0v) is 12.4. The molecule has 5 nitrogen and oxygen atoms in total. The molecule has 1 aliphatic rings. The molecule has 19 heavy (non-hydrogen) atoms. The van der Waals surface area contributed by atoms with Crippen LogP contribution in [0.3, 0.4) is 0 Å². The second-order valence-electron chi connectivity index (χ2n) is 6.56. The highest BCUT2D eigenvalue weighted by molar-refractivity contribution is 5.09. The van der Waals surface area contributed by atoms with E-state index < -0.39 is 5.54 Å². The molecule has 0 saturated carbocycles. The molecule has 0 aromatic carbocycles. The topological polar surface area (TPSA) is 74.2 Å². The summed E-state index contributed by atoms with van der Waals surface area (Å²) in [7, 11) is 0. The summed E-state index contributed by atoms with van der Waals surface area (Å²) in [5, 5.41) is 4.11. The standard InChI is InChI=1S/C14H25N3O2/c1-5-6-10-9-14(15,7-8-18-10)11-16-12(19-17-11)13(2,3)4/h10H,5-9,15H2,1-4H3. The number of aromatic nitrogens is 2. The smallest absolute Gasteiger partial charge is 0.232 e. The van der Waals surface area contributed by atoms with Gasteiger partial charge < -0.3 is 15.0 Å². The molecule has 0 aliphatic carbocycles. The summed E-state index contributed by atoms with van der Waals surface area (Å²) >= 11 is 0. The van der Waals surface area contributed by atoms with Crippen LogP contribution in [0, 0.1) is 0 Å². The number of ether oxygens (including phenoxy) is 1. The molecule has 1 aromatic rings. The van der Waals surface area contributed by atoms with Crippen molar-refractivity contribution in [2.45, 2.75) is 70.4 Å². The maximum atomic E-state index is 6.49. The first-order valence-corrected chi connectivity index (χ1v) is 7.10. The Bertz CT molecular complexity index is 423. The van der Waals surface area contributed by atoms with Crippen molar-refractivity contribution in [3.8, 4) is 0 Å². The van der Waals surface area contributed by atoms with Gasteiger partial charge in [0.25, 0.3) is 0 Å². The van der Waals surface area contributed by atoms with Crippen molar-refractivity contribution in [3.05, 3.63) is 11.7 Å². The Labute approximate surface area is 114 Å². The van der Waals surface area contributed by atoms with Crippen LogP contribution in [0.2, 0.25) is 0 Å². The largest absolute Gasteiger partial charge is 0.378 e. The van der Waals surface area contributed by atoms with Gasteiger partial charge in [-0.2, -0.15) is 4.98 Å². The molecule has 2 rings (SSSR count). The van der Waals surface area contributed by atoms with Crippen LogP contribution < -0.4 is 5.73 Å². The monoisotopic (exact) mass is 267 g/mol. The van der Waals surface area contributed by atoms with Crippen LogP contribution in [-0.4, -0.2) is 22.9 Å². The van der Waals surface area contributed by atoms with E-state index in [1.165, 1.54) is 0 Å². The quantitative estimate of drug-likeness (QED) is 0.910. The Morgan fingerprint density at radius 1 is 1.42 bits per heavy atom. The molecular formula is C14H25N3O2. The zero-order chi connectivity index (χ0) is 14.1. The lowest BCUT2D eigenvalue weighted by molar-refractivity contribution is -0.0267. The lowest BCUT2D eigenvalue weighted by Gasteiger charge is -2.35.